The van der Waals surface area contributed by atoms with E-state index in [1.165, 1.54) is 12.8 Å². The van der Waals surface area contributed by atoms with Gasteiger partial charge in [0.05, 0.1) is 6.42 Å². The standard InChI is InChI=1S/C18H21NO2/c20-11-10-17(14-8-9-14)19-18(21)12-15-6-3-5-13-4-1-2-7-16(13)15/h1-7,14,17,20H,8-12H2,(H,19,21). The second-order valence-corrected chi connectivity index (χ2v) is 5.84. The summed E-state index contributed by atoms with van der Waals surface area (Å²) in [7, 11) is 0. The molecule has 110 valence electrons. The van der Waals surface area contributed by atoms with Crippen molar-refractivity contribution < 1.29 is 9.90 Å². The van der Waals surface area contributed by atoms with Crippen LogP contribution in [-0.4, -0.2) is 23.7 Å². The van der Waals surface area contributed by atoms with E-state index >= 15 is 0 Å². The average Bonchev–Trinajstić information content (AvgIpc) is 3.32. The Labute approximate surface area is 125 Å². The summed E-state index contributed by atoms with van der Waals surface area (Å²) in [5.74, 6) is 0.616. The van der Waals surface area contributed by atoms with Gasteiger partial charge in [-0.25, -0.2) is 0 Å². The van der Waals surface area contributed by atoms with Crippen LogP contribution in [0.15, 0.2) is 42.5 Å². The quantitative estimate of drug-likeness (QED) is 0.856. The number of rotatable bonds is 6. The molecule has 1 unspecified atom stereocenters. The molecule has 3 heteroatoms. The van der Waals surface area contributed by atoms with E-state index in [0.29, 0.717) is 18.8 Å². The molecular weight excluding hydrogens is 262 g/mol. The lowest BCUT2D eigenvalue weighted by molar-refractivity contribution is -0.121. The lowest BCUT2D eigenvalue weighted by Crippen LogP contribution is -2.38. The van der Waals surface area contributed by atoms with Crippen molar-refractivity contribution >= 4 is 16.7 Å². The molecule has 2 aromatic rings. The number of aliphatic hydroxyl groups excluding tert-OH is 1. The van der Waals surface area contributed by atoms with Crippen LogP contribution in [0.4, 0.5) is 0 Å². The summed E-state index contributed by atoms with van der Waals surface area (Å²) in [5.41, 5.74) is 1.06. The van der Waals surface area contributed by atoms with Crippen molar-refractivity contribution in [1.82, 2.24) is 5.32 Å². The fourth-order valence-corrected chi connectivity index (χ4v) is 2.94. The number of nitrogens with one attached hydrogen (secondary N) is 1. The Bertz CT molecular complexity index is 629. The van der Waals surface area contributed by atoms with Gasteiger partial charge in [-0.1, -0.05) is 42.5 Å². The van der Waals surface area contributed by atoms with Gasteiger partial charge in [-0.2, -0.15) is 0 Å². The zero-order valence-corrected chi connectivity index (χ0v) is 12.1. The molecule has 0 saturated heterocycles. The van der Waals surface area contributed by atoms with E-state index in [0.717, 1.165) is 16.3 Å². The van der Waals surface area contributed by atoms with Crippen LogP contribution in [0, 0.1) is 5.92 Å². The summed E-state index contributed by atoms with van der Waals surface area (Å²) >= 11 is 0. The first-order chi connectivity index (χ1) is 10.3. The molecule has 1 aliphatic rings. The monoisotopic (exact) mass is 283 g/mol. The Kier molecular flexibility index (Phi) is 4.20. The average molecular weight is 283 g/mol. The van der Waals surface area contributed by atoms with Gasteiger partial charge in [-0.05, 0) is 41.5 Å². The van der Waals surface area contributed by atoms with E-state index in [1.807, 2.05) is 24.3 Å². The van der Waals surface area contributed by atoms with Crippen LogP contribution in [-0.2, 0) is 11.2 Å². The molecule has 1 saturated carbocycles. The fraction of sp³-hybridized carbons (Fsp3) is 0.389. The molecule has 2 aromatic carbocycles. The first kappa shape index (κ1) is 14.1. The van der Waals surface area contributed by atoms with E-state index in [4.69, 9.17) is 5.11 Å². The largest absolute Gasteiger partial charge is 0.396 e. The third-order valence-electron chi connectivity index (χ3n) is 4.21. The molecule has 21 heavy (non-hydrogen) atoms. The molecule has 0 bridgehead atoms. The molecule has 0 aromatic heterocycles. The van der Waals surface area contributed by atoms with Crippen molar-refractivity contribution in [2.45, 2.75) is 31.7 Å². The third kappa shape index (κ3) is 3.42. The molecule has 0 spiro atoms. The van der Waals surface area contributed by atoms with Gasteiger partial charge in [-0.3, -0.25) is 4.79 Å². The summed E-state index contributed by atoms with van der Waals surface area (Å²) in [6.07, 6.45) is 3.39. The molecule has 2 N–H and O–H groups in total. The van der Waals surface area contributed by atoms with Gasteiger partial charge < -0.3 is 10.4 Å². The van der Waals surface area contributed by atoms with Crippen molar-refractivity contribution in [3.63, 3.8) is 0 Å². The van der Waals surface area contributed by atoms with E-state index in [-0.39, 0.29) is 18.6 Å². The molecule has 1 aliphatic carbocycles. The molecule has 0 heterocycles. The Hall–Kier alpha value is -1.87. The zero-order valence-electron chi connectivity index (χ0n) is 12.1. The molecule has 0 radical (unpaired) electrons. The Morgan fingerprint density at radius 1 is 1.19 bits per heavy atom. The molecule has 1 fully saturated rings. The Morgan fingerprint density at radius 2 is 1.95 bits per heavy atom. The summed E-state index contributed by atoms with van der Waals surface area (Å²) in [4.78, 5) is 12.3. The zero-order chi connectivity index (χ0) is 14.7. The van der Waals surface area contributed by atoms with Crippen molar-refractivity contribution in [1.29, 1.82) is 0 Å². The first-order valence-electron chi connectivity index (χ1n) is 7.65. The summed E-state index contributed by atoms with van der Waals surface area (Å²) < 4.78 is 0. The lowest BCUT2D eigenvalue weighted by Gasteiger charge is -2.17. The highest BCUT2D eigenvalue weighted by Gasteiger charge is 2.31. The topological polar surface area (TPSA) is 49.3 Å². The summed E-state index contributed by atoms with van der Waals surface area (Å²) in [6, 6.07) is 14.4. The van der Waals surface area contributed by atoms with Gasteiger partial charge in [0, 0.05) is 12.6 Å². The molecule has 0 aliphatic heterocycles. The minimum atomic E-state index is 0.0525. The number of carbonyl (C=O) groups excluding carboxylic acids is 1. The second kappa shape index (κ2) is 6.27. The number of fused-ring (bicyclic) bond motifs is 1. The number of benzene rings is 2. The van der Waals surface area contributed by atoms with Crippen molar-refractivity contribution in [2.24, 2.45) is 5.92 Å². The normalized spacial score (nSPS) is 15.9. The van der Waals surface area contributed by atoms with Gasteiger partial charge >= 0.3 is 0 Å². The van der Waals surface area contributed by atoms with Crippen LogP contribution in [0.1, 0.15) is 24.8 Å². The second-order valence-electron chi connectivity index (χ2n) is 5.84. The SMILES string of the molecule is O=C(Cc1cccc2ccccc12)NC(CCO)C1CC1. The van der Waals surface area contributed by atoms with E-state index in [2.05, 4.69) is 23.5 Å². The third-order valence-corrected chi connectivity index (χ3v) is 4.21. The molecular formula is C18H21NO2. The van der Waals surface area contributed by atoms with Gasteiger partial charge in [0.2, 0.25) is 5.91 Å². The summed E-state index contributed by atoms with van der Waals surface area (Å²) in [5, 5.41) is 14.5. The maximum absolute atomic E-state index is 12.3. The Morgan fingerprint density at radius 3 is 2.71 bits per heavy atom. The van der Waals surface area contributed by atoms with Crippen LogP contribution in [0.5, 0.6) is 0 Å². The van der Waals surface area contributed by atoms with E-state index in [9.17, 15) is 4.79 Å². The minimum absolute atomic E-state index is 0.0525. The predicted octanol–water partition coefficient (Wildman–Crippen LogP) is 2.66. The molecule has 3 nitrogen and oxygen atoms in total. The van der Waals surface area contributed by atoms with Gasteiger partial charge in [-0.15, -0.1) is 0 Å². The highest BCUT2D eigenvalue weighted by Crippen LogP contribution is 2.34. The van der Waals surface area contributed by atoms with Crippen LogP contribution < -0.4 is 5.32 Å². The maximum Gasteiger partial charge on any atom is 0.224 e. The smallest absolute Gasteiger partial charge is 0.224 e. The number of hydrogen-bond donors (Lipinski definition) is 2. The number of hydrogen-bond acceptors (Lipinski definition) is 2. The van der Waals surface area contributed by atoms with Crippen LogP contribution >= 0.6 is 0 Å². The molecule has 1 atom stereocenters. The summed E-state index contributed by atoms with van der Waals surface area (Å²) in [6.45, 7) is 0.135. The van der Waals surface area contributed by atoms with Crippen LogP contribution in [0.3, 0.4) is 0 Å². The van der Waals surface area contributed by atoms with Crippen molar-refractivity contribution in [3.8, 4) is 0 Å². The maximum atomic E-state index is 12.3. The number of carbonyl (C=O) groups is 1. The number of amides is 1. The van der Waals surface area contributed by atoms with Gasteiger partial charge in [0.25, 0.3) is 0 Å². The predicted molar refractivity (Wildman–Crippen MR) is 84.0 cm³/mol. The van der Waals surface area contributed by atoms with E-state index < -0.39 is 0 Å². The number of aliphatic hydroxyl groups is 1. The lowest BCUT2D eigenvalue weighted by atomic mass is 10.0. The van der Waals surface area contributed by atoms with Gasteiger partial charge in [0.15, 0.2) is 0 Å². The highest BCUT2D eigenvalue weighted by atomic mass is 16.3. The van der Waals surface area contributed by atoms with Crippen molar-refractivity contribution in [3.05, 3.63) is 48.0 Å². The minimum Gasteiger partial charge on any atom is -0.396 e. The van der Waals surface area contributed by atoms with Crippen molar-refractivity contribution in [2.75, 3.05) is 6.61 Å². The van der Waals surface area contributed by atoms with E-state index in [1.54, 1.807) is 0 Å². The Balaban J connectivity index is 1.71. The highest BCUT2D eigenvalue weighted by molar-refractivity contribution is 5.90. The fourth-order valence-electron chi connectivity index (χ4n) is 2.94. The van der Waals surface area contributed by atoms with Crippen LogP contribution in [0.25, 0.3) is 10.8 Å². The molecule has 3 rings (SSSR count). The first-order valence-corrected chi connectivity index (χ1v) is 7.65. The molecule has 1 amide bonds. The van der Waals surface area contributed by atoms with Crippen LogP contribution in [0.2, 0.25) is 0 Å². The van der Waals surface area contributed by atoms with Gasteiger partial charge in [0.1, 0.15) is 0 Å².